The number of hydrogen-bond donors (Lipinski definition) is 1. The maximum atomic E-state index is 13.4. The Labute approximate surface area is 127 Å². The van der Waals surface area contributed by atoms with Crippen LogP contribution in [0.1, 0.15) is 17.0 Å². The summed E-state index contributed by atoms with van der Waals surface area (Å²) in [5, 5.41) is 3.26. The minimum atomic E-state index is -0.317. The lowest BCUT2D eigenvalue weighted by molar-refractivity contribution is -0.118. The highest BCUT2D eigenvalue weighted by Gasteiger charge is 2.07. The normalized spacial score (nSPS) is 10.4. The standard InChI is InChI=1S/C15H16FN3OS/c1-10-7-11(2)19-15(18-10)21-9-14(20)17-8-12-5-3-4-6-13(12)16/h3-7H,8-9H2,1-2H3,(H,17,20). The molecule has 1 aromatic carbocycles. The molecule has 0 spiro atoms. The maximum Gasteiger partial charge on any atom is 0.230 e. The van der Waals surface area contributed by atoms with E-state index in [-0.39, 0.29) is 24.0 Å². The first-order valence-corrected chi connectivity index (χ1v) is 7.48. The molecule has 0 radical (unpaired) electrons. The molecule has 0 atom stereocenters. The molecule has 1 heterocycles. The summed E-state index contributed by atoms with van der Waals surface area (Å²) in [6, 6.07) is 8.26. The molecule has 1 amide bonds. The van der Waals surface area contributed by atoms with Crippen LogP contribution in [0.25, 0.3) is 0 Å². The van der Waals surface area contributed by atoms with Crippen LogP contribution in [-0.2, 0) is 11.3 Å². The number of thioether (sulfide) groups is 1. The molecule has 110 valence electrons. The smallest absolute Gasteiger partial charge is 0.230 e. The number of nitrogens with one attached hydrogen (secondary N) is 1. The number of aromatic nitrogens is 2. The first-order valence-electron chi connectivity index (χ1n) is 6.50. The molecule has 0 saturated carbocycles. The van der Waals surface area contributed by atoms with E-state index in [1.54, 1.807) is 18.2 Å². The van der Waals surface area contributed by atoms with E-state index in [1.165, 1.54) is 17.8 Å². The summed E-state index contributed by atoms with van der Waals surface area (Å²) in [4.78, 5) is 20.3. The van der Waals surface area contributed by atoms with Gasteiger partial charge in [-0.05, 0) is 26.0 Å². The van der Waals surface area contributed by atoms with Crippen molar-refractivity contribution in [2.75, 3.05) is 5.75 Å². The number of amides is 1. The molecule has 2 rings (SSSR count). The van der Waals surface area contributed by atoms with Crippen molar-refractivity contribution in [2.45, 2.75) is 25.5 Å². The molecule has 21 heavy (non-hydrogen) atoms. The van der Waals surface area contributed by atoms with Gasteiger partial charge in [-0.3, -0.25) is 4.79 Å². The Hall–Kier alpha value is -1.95. The van der Waals surface area contributed by atoms with Crippen LogP contribution in [-0.4, -0.2) is 21.6 Å². The topological polar surface area (TPSA) is 54.9 Å². The van der Waals surface area contributed by atoms with Crippen molar-refractivity contribution in [3.63, 3.8) is 0 Å². The Morgan fingerprint density at radius 3 is 2.57 bits per heavy atom. The number of hydrogen-bond acceptors (Lipinski definition) is 4. The molecule has 4 nitrogen and oxygen atoms in total. The molecule has 0 aliphatic rings. The van der Waals surface area contributed by atoms with E-state index in [4.69, 9.17) is 0 Å². The van der Waals surface area contributed by atoms with Crippen LogP contribution in [0.5, 0.6) is 0 Å². The first kappa shape index (κ1) is 15.4. The summed E-state index contributed by atoms with van der Waals surface area (Å²) in [7, 11) is 0. The van der Waals surface area contributed by atoms with Crippen molar-refractivity contribution in [1.82, 2.24) is 15.3 Å². The summed E-state index contributed by atoms with van der Waals surface area (Å²) < 4.78 is 13.4. The van der Waals surface area contributed by atoms with E-state index in [1.807, 2.05) is 19.9 Å². The van der Waals surface area contributed by atoms with E-state index < -0.39 is 0 Å². The van der Waals surface area contributed by atoms with E-state index >= 15 is 0 Å². The summed E-state index contributed by atoms with van der Waals surface area (Å²) in [5.74, 6) is -0.286. The fraction of sp³-hybridized carbons (Fsp3) is 0.267. The van der Waals surface area contributed by atoms with Crippen molar-refractivity contribution in [3.8, 4) is 0 Å². The third-order valence-electron chi connectivity index (χ3n) is 2.73. The van der Waals surface area contributed by atoms with Gasteiger partial charge in [-0.25, -0.2) is 14.4 Å². The van der Waals surface area contributed by atoms with Gasteiger partial charge in [-0.1, -0.05) is 30.0 Å². The van der Waals surface area contributed by atoms with E-state index in [9.17, 15) is 9.18 Å². The van der Waals surface area contributed by atoms with Crippen LogP contribution >= 0.6 is 11.8 Å². The fourth-order valence-corrected chi connectivity index (χ4v) is 2.55. The van der Waals surface area contributed by atoms with Crippen LogP contribution in [0.3, 0.4) is 0 Å². The number of carbonyl (C=O) groups excluding carboxylic acids is 1. The van der Waals surface area contributed by atoms with Gasteiger partial charge in [0.2, 0.25) is 5.91 Å². The zero-order chi connectivity index (χ0) is 15.2. The van der Waals surface area contributed by atoms with Gasteiger partial charge in [0.15, 0.2) is 5.16 Å². The fourth-order valence-electron chi connectivity index (χ4n) is 1.77. The zero-order valence-corrected chi connectivity index (χ0v) is 12.7. The van der Waals surface area contributed by atoms with Gasteiger partial charge in [0, 0.05) is 23.5 Å². The number of benzene rings is 1. The molecule has 1 aromatic heterocycles. The third-order valence-corrected chi connectivity index (χ3v) is 3.58. The minimum absolute atomic E-state index is 0.175. The Morgan fingerprint density at radius 2 is 1.90 bits per heavy atom. The van der Waals surface area contributed by atoms with Gasteiger partial charge in [0.1, 0.15) is 5.82 Å². The number of nitrogens with zero attached hydrogens (tertiary/aromatic N) is 2. The van der Waals surface area contributed by atoms with Crippen molar-refractivity contribution < 1.29 is 9.18 Å². The molecule has 2 aromatic rings. The molecule has 0 aliphatic carbocycles. The molecule has 0 aliphatic heterocycles. The molecular weight excluding hydrogens is 289 g/mol. The van der Waals surface area contributed by atoms with Gasteiger partial charge in [0.25, 0.3) is 0 Å². The van der Waals surface area contributed by atoms with Crippen LogP contribution < -0.4 is 5.32 Å². The largest absolute Gasteiger partial charge is 0.351 e. The Kier molecular flexibility index (Phi) is 5.27. The monoisotopic (exact) mass is 305 g/mol. The Bertz CT molecular complexity index is 628. The van der Waals surface area contributed by atoms with E-state index in [0.717, 1.165) is 11.4 Å². The second kappa shape index (κ2) is 7.17. The summed E-state index contributed by atoms with van der Waals surface area (Å²) in [5.41, 5.74) is 2.21. The van der Waals surface area contributed by atoms with Gasteiger partial charge in [-0.2, -0.15) is 0 Å². The number of aryl methyl sites for hydroxylation is 2. The van der Waals surface area contributed by atoms with Gasteiger partial charge < -0.3 is 5.32 Å². The summed E-state index contributed by atoms with van der Waals surface area (Å²) >= 11 is 1.27. The third kappa shape index (κ3) is 4.82. The van der Waals surface area contributed by atoms with Gasteiger partial charge in [-0.15, -0.1) is 0 Å². The highest BCUT2D eigenvalue weighted by Crippen LogP contribution is 2.13. The predicted molar refractivity (Wildman–Crippen MR) is 80.5 cm³/mol. The van der Waals surface area contributed by atoms with Gasteiger partial charge >= 0.3 is 0 Å². The molecule has 6 heteroatoms. The lowest BCUT2D eigenvalue weighted by Crippen LogP contribution is -2.25. The summed E-state index contributed by atoms with van der Waals surface area (Å²) in [6.45, 7) is 3.95. The van der Waals surface area contributed by atoms with E-state index in [0.29, 0.717) is 10.7 Å². The molecule has 0 bridgehead atoms. The summed E-state index contributed by atoms with van der Waals surface area (Å²) in [6.07, 6.45) is 0. The van der Waals surface area contributed by atoms with Crippen molar-refractivity contribution in [3.05, 3.63) is 53.1 Å². The molecule has 0 saturated heterocycles. The molecule has 1 N–H and O–H groups in total. The maximum absolute atomic E-state index is 13.4. The minimum Gasteiger partial charge on any atom is -0.351 e. The lowest BCUT2D eigenvalue weighted by Gasteiger charge is -2.06. The van der Waals surface area contributed by atoms with Crippen molar-refractivity contribution in [1.29, 1.82) is 0 Å². The van der Waals surface area contributed by atoms with E-state index in [2.05, 4.69) is 15.3 Å². The molecule has 0 unspecified atom stereocenters. The van der Waals surface area contributed by atoms with Crippen molar-refractivity contribution >= 4 is 17.7 Å². The number of halogens is 1. The van der Waals surface area contributed by atoms with Crippen LogP contribution in [0.15, 0.2) is 35.5 Å². The molecular formula is C15H16FN3OS. The van der Waals surface area contributed by atoms with Crippen LogP contribution in [0.2, 0.25) is 0 Å². The first-order chi connectivity index (χ1) is 10.0. The quantitative estimate of drug-likeness (QED) is 0.681. The SMILES string of the molecule is Cc1cc(C)nc(SCC(=O)NCc2ccccc2F)n1. The van der Waals surface area contributed by atoms with Gasteiger partial charge in [0.05, 0.1) is 5.75 Å². The zero-order valence-electron chi connectivity index (χ0n) is 11.9. The number of carbonyl (C=O) groups is 1. The van der Waals surface area contributed by atoms with Crippen LogP contribution in [0, 0.1) is 19.7 Å². The second-order valence-corrected chi connectivity index (χ2v) is 5.53. The van der Waals surface area contributed by atoms with Crippen molar-refractivity contribution in [2.24, 2.45) is 0 Å². The molecule has 0 fully saturated rings. The highest BCUT2D eigenvalue weighted by molar-refractivity contribution is 7.99. The Balaban J connectivity index is 1.84. The highest BCUT2D eigenvalue weighted by atomic mass is 32.2. The van der Waals surface area contributed by atoms with Crippen LogP contribution in [0.4, 0.5) is 4.39 Å². The average Bonchev–Trinajstić information content (AvgIpc) is 2.43. The Morgan fingerprint density at radius 1 is 1.24 bits per heavy atom. The predicted octanol–water partition coefficient (Wildman–Crippen LogP) is 2.64. The average molecular weight is 305 g/mol. The lowest BCUT2D eigenvalue weighted by atomic mass is 10.2. The number of rotatable bonds is 5. The second-order valence-electron chi connectivity index (χ2n) is 4.59.